The van der Waals surface area contributed by atoms with Crippen molar-refractivity contribution in [1.29, 1.82) is 0 Å². The number of urea groups is 1. The summed E-state index contributed by atoms with van der Waals surface area (Å²) in [5.41, 5.74) is 0.147. The number of benzene rings is 1. The molecular formula is C14H18FN3O3. The second kappa shape index (κ2) is 7.03. The number of para-hydroxylation sites is 1. The molecule has 6 nitrogen and oxygen atoms in total. The molecule has 114 valence electrons. The van der Waals surface area contributed by atoms with E-state index in [0.717, 1.165) is 0 Å². The van der Waals surface area contributed by atoms with Gasteiger partial charge in [0.05, 0.1) is 12.2 Å². The Kier molecular flexibility index (Phi) is 5.10. The van der Waals surface area contributed by atoms with Crippen LogP contribution in [-0.4, -0.2) is 59.6 Å². The van der Waals surface area contributed by atoms with Crippen molar-refractivity contribution in [2.45, 2.75) is 6.42 Å². The van der Waals surface area contributed by atoms with Gasteiger partial charge in [-0.3, -0.25) is 9.69 Å². The number of nitrogens with one attached hydrogen (secondary N) is 1. The van der Waals surface area contributed by atoms with E-state index >= 15 is 0 Å². The van der Waals surface area contributed by atoms with E-state index in [1.807, 2.05) is 0 Å². The fourth-order valence-corrected chi connectivity index (χ4v) is 2.28. The minimum atomic E-state index is -0.876. The fourth-order valence-electron chi connectivity index (χ4n) is 2.28. The zero-order chi connectivity index (χ0) is 15.2. The van der Waals surface area contributed by atoms with E-state index in [1.165, 1.54) is 12.1 Å². The number of carbonyl (C=O) groups is 2. The monoisotopic (exact) mass is 295 g/mol. The Morgan fingerprint density at radius 3 is 2.67 bits per heavy atom. The Morgan fingerprint density at radius 1 is 1.19 bits per heavy atom. The molecule has 0 aliphatic carbocycles. The van der Waals surface area contributed by atoms with Crippen molar-refractivity contribution < 1.29 is 19.1 Å². The lowest BCUT2D eigenvalue weighted by Gasteiger charge is -2.21. The van der Waals surface area contributed by atoms with Crippen LogP contribution in [0.3, 0.4) is 0 Å². The minimum absolute atomic E-state index is 0.0250. The van der Waals surface area contributed by atoms with Crippen LogP contribution in [0.25, 0.3) is 0 Å². The first-order valence-electron chi connectivity index (χ1n) is 6.81. The van der Waals surface area contributed by atoms with Crippen LogP contribution in [0.4, 0.5) is 14.9 Å². The summed E-state index contributed by atoms with van der Waals surface area (Å²) in [6.45, 7) is 2.06. The van der Waals surface area contributed by atoms with Crippen LogP contribution in [0.15, 0.2) is 24.3 Å². The molecular weight excluding hydrogens is 277 g/mol. The summed E-state index contributed by atoms with van der Waals surface area (Å²) < 4.78 is 13.5. The van der Waals surface area contributed by atoms with E-state index in [9.17, 15) is 14.0 Å². The molecule has 1 fully saturated rings. The quantitative estimate of drug-likeness (QED) is 0.885. The number of aliphatic carboxylic acids is 1. The number of hydrogen-bond donors (Lipinski definition) is 2. The molecule has 0 bridgehead atoms. The smallest absolute Gasteiger partial charge is 0.321 e. The predicted octanol–water partition coefficient (Wildman–Crippen LogP) is 1.45. The van der Waals surface area contributed by atoms with Gasteiger partial charge in [0.1, 0.15) is 5.82 Å². The molecule has 1 aliphatic heterocycles. The SMILES string of the molecule is O=C(O)CN1CCCN(C(=O)Nc2ccccc2F)CC1. The Bertz CT molecular complexity index is 524. The Hall–Kier alpha value is -2.15. The number of hydrogen-bond acceptors (Lipinski definition) is 3. The lowest BCUT2D eigenvalue weighted by Crippen LogP contribution is -2.39. The molecule has 21 heavy (non-hydrogen) atoms. The molecule has 1 aromatic carbocycles. The lowest BCUT2D eigenvalue weighted by molar-refractivity contribution is -0.138. The molecule has 0 spiro atoms. The highest BCUT2D eigenvalue weighted by Gasteiger charge is 2.20. The van der Waals surface area contributed by atoms with E-state index in [4.69, 9.17) is 5.11 Å². The van der Waals surface area contributed by atoms with E-state index < -0.39 is 11.8 Å². The molecule has 0 aromatic heterocycles. The molecule has 2 amide bonds. The van der Waals surface area contributed by atoms with Crippen LogP contribution in [-0.2, 0) is 4.79 Å². The average molecular weight is 295 g/mol. The van der Waals surface area contributed by atoms with Gasteiger partial charge in [-0.15, -0.1) is 0 Å². The van der Waals surface area contributed by atoms with Crippen LogP contribution in [0.5, 0.6) is 0 Å². The van der Waals surface area contributed by atoms with Gasteiger partial charge in [-0.25, -0.2) is 9.18 Å². The van der Waals surface area contributed by atoms with Crippen molar-refractivity contribution in [2.24, 2.45) is 0 Å². The number of carboxylic acid groups (broad SMARTS) is 1. The molecule has 0 atom stereocenters. The van der Waals surface area contributed by atoms with Gasteiger partial charge in [-0.2, -0.15) is 0 Å². The molecule has 0 radical (unpaired) electrons. The zero-order valence-electron chi connectivity index (χ0n) is 11.6. The summed E-state index contributed by atoms with van der Waals surface area (Å²) in [4.78, 5) is 26.2. The van der Waals surface area contributed by atoms with Gasteiger partial charge < -0.3 is 15.3 Å². The Labute approximate surface area is 122 Å². The maximum atomic E-state index is 13.5. The van der Waals surface area contributed by atoms with Gasteiger partial charge in [0, 0.05) is 26.2 Å². The van der Waals surface area contributed by atoms with Gasteiger partial charge in [0.15, 0.2) is 0 Å². The average Bonchev–Trinajstić information content (AvgIpc) is 2.66. The largest absolute Gasteiger partial charge is 0.480 e. The summed E-state index contributed by atoms with van der Waals surface area (Å²) >= 11 is 0. The fraction of sp³-hybridized carbons (Fsp3) is 0.429. The van der Waals surface area contributed by atoms with Gasteiger partial charge >= 0.3 is 12.0 Å². The molecule has 0 saturated carbocycles. The number of carboxylic acids is 1. The van der Waals surface area contributed by atoms with E-state index in [0.29, 0.717) is 32.6 Å². The number of nitrogens with zero attached hydrogens (tertiary/aromatic N) is 2. The highest BCUT2D eigenvalue weighted by molar-refractivity contribution is 5.89. The van der Waals surface area contributed by atoms with Crippen LogP contribution < -0.4 is 5.32 Å². The second-order valence-corrected chi connectivity index (χ2v) is 4.92. The topological polar surface area (TPSA) is 72.9 Å². The molecule has 1 saturated heterocycles. The predicted molar refractivity (Wildman–Crippen MR) is 75.7 cm³/mol. The molecule has 1 aromatic rings. The highest BCUT2D eigenvalue weighted by atomic mass is 19.1. The van der Waals surface area contributed by atoms with Crippen molar-refractivity contribution in [3.63, 3.8) is 0 Å². The Balaban J connectivity index is 1.91. The first kappa shape index (κ1) is 15.2. The van der Waals surface area contributed by atoms with Gasteiger partial charge in [-0.05, 0) is 18.6 Å². The first-order valence-corrected chi connectivity index (χ1v) is 6.81. The van der Waals surface area contributed by atoms with Crippen molar-refractivity contribution in [3.05, 3.63) is 30.1 Å². The summed E-state index contributed by atoms with van der Waals surface area (Å²) in [5.74, 6) is -1.35. The van der Waals surface area contributed by atoms with Crippen molar-refractivity contribution in [1.82, 2.24) is 9.80 Å². The summed E-state index contributed by atoms with van der Waals surface area (Å²) in [6, 6.07) is 5.63. The number of halogens is 1. The summed E-state index contributed by atoms with van der Waals surface area (Å²) in [7, 11) is 0. The Morgan fingerprint density at radius 2 is 1.95 bits per heavy atom. The normalized spacial score (nSPS) is 16.3. The number of amides is 2. The maximum Gasteiger partial charge on any atom is 0.321 e. The van der Waals surface area contributed by atoms with Crippen LogP contribution >= 0.6 is 0 Å². The molecule has 1 heterocycles. The lowest BCUT2D eigenvalue weighted by atomic mass is 10.3. The number of carbonyl (C=O) groups excluding carboxylic acids is 1. The van der Waals surface area contributed by atoms with Crippen LogP contribution in [0, 0.1) is 5.82 Å². The van der Waals surface area contributed by atoms with Gasteiger partial charge in [-0.1, -0.05) is 12.1 Å². The first-order chi connectivity index (χ1) is 10.1. The maximum absolute atomic E-state index is 13.5. The number of rotatable bonds is 3. The zero-order valence-corrected chi connectivity index (χ0v) is 11.6. The molecule has 2 rings (SSSR count). The minimum Gasteiger partial charge on any atom is -0.480 e. The van der Waals surface area contributed by atoms with Crippen LogP contribution in [0.2, 0.25) is 0 Å². The highest BCUT2D eigenvalue weighted by Crippen LogP contribution is 2.14. The van der Waals surface area contributed by atoms with Gasteiger partial charge in [0.25, 0.3) is 0 Å². The van der Waals surface area contributed by atoms with E-state index in [-0.39, 0.29) is 18.3 Å². The second-order valence-electron chi connectivity index (χ2n) is 4.92. The molecule has 0 unspecified atom stereocenters. The van der Waals surface area contributed by atoms with Crippen molar-refractivity contribution >= 4 is 17.7 Å². The van der Waals surface area contributed by atoms with Crippen LogP contribution in [0.1, 0.15) is 6.42 Å². The van der Waals surface area contributed by atoms with Crippen molar-refractivity contribution in [2.75, 3.05) is 38.0 Å². The van der Waals surface area contributed by atoms with Gasteiger partial charge in [0.2, 0.25) is 0 Å². The van der Waals surface area contributed by atoms with Crippen molar-refractivity contribution in [3.8, 4) is 0 Å². The third-order valence-electron chi connectivity index (χ3n) is 3.35. The molecule has 1 aliphatic rings. The van der Waals surface area contributed by atoms with E-state index in [1.54, 1.807) is 21.9 Å². The summed E-state index contributed by atoms with van der Waals surface area (Å²) in [5, 5.41) is 11.3. The number of anilines is 1. The van der Waals surface area contributed by atoms with E-state index in [2.05, 4.69) is 5.32 Å². The third kappa shape index (κ3) is 4.42. The third-order valence-corrected chi connectivity index (χ3v) is 3.35. The standard InChI is InChI=1S/C14H18FN3O3/c15-11-4-1-2-5-12(11)16-14(21)18-7-3-6-17(8-9-18)10-13(19)20/h1-2,4-5H,3,6-10H2,(H,16,21)(H,19,20). The summed E-state index contributed by atoms with van der Waals surface area (Å²) in [6.07, 6.45) is 0.692. The molecule has 2 N–H and O–H groups in total. The molecule has 7 heteroatoms.